The number of hydrogen-bond donors (Lipinski definition) is 1. The molecule has 1 unspecified atom stereocenters. The number of carbonyl (C=O) groups is 2. The number of rotatable bonds is 5. The molecule has 1 amide bonds. The zero-order valence-electron chi connectivity index (χ0n) is 8.88. The van der Waals surface area contributed by atoms with Crippen LogP contribution in [0.5, 0.6) is 0 Å². The van der Waals surface area contributed by atoms with Crippen molar-refractivity contribution < 1.29 is 14.7 Å². The van der Waals surface area contributed by atoms with Crippen molar-refractivity contribution in [2.45, 2.75) is 25.9 Å². The predicted octanol–water partition coefficient (Wildman–Crippen LogP) is 2.50. The molecule has 1 aromatic rings. The van der Waals surface area contributed by atoms with E-state index in [1.165, 1.54) is 16.2 Å². The molecule has 0 saturated carbocycles. The minimum Gasteiger partial charge on any atom is -0.479 e. The van der Waals surface area contributed by atoms with Gasteiger partial charge in [-0.2, -0.15) is 0 Å². The van der Waals surface area contributed by atoms with Gasteiger partial charge < -0.3 is 10.0 Å². The van der Waals surface area contributed by atoms with Crippen molar-refractivity contribution in [3.8, 4) is 0 Å². The largest absolute Gasteiger partial charge is 0.479 e. The van der Waals surface area contributed by atoms with Gasteiger partial charge in [-0.1, -0.05) is 0 Å². The average Bonchev–Trinajstić information content (AvgIpc) is 2.59. The zero-order valence-corrected chi connectivity index (χ0v) is 11.3. The summed E-state index contributed by atoms with van der Waals surface area (Å²) in [6, 6.07) is 0.693. The van der Waals surface area contributed by atoms with E-state index in [0.29, 0.717) is 11.3 Å². The third-order valence-corrected chi connectivity index (χ3v) is 4.07. The molecule has 0 aliphatic rings. The van der Waals surface area contributed by atoms with Gasteiger partial charge >= 0.3 is 5.97 Å². The van der Waals surface area contributed by atoms with Crippen LogP contribution in [0, 0.1) is 0 Å². The van der Waals surface area contributed by atoms with Crippen LogP contribution in [0.15, 0.2) is 15.9 Å². The number of hydrogen-bond acceptors (Lipinski definition) is 3. The Morgan fingerprint density at radius 3 is 2.56 bits per heavy atom. The molecule has 1 heterocycles. The lowest BCUT2D eigenvalue weighted by Crippen LogP contribution is -2.37. The number of carboxylic acids is 1. The number of thiophene rings is 1. The monoisotopic (exact) mass is 305 g/mol. The van der Waals surface area contributed by atoms with Crippen molar-refractivity contribution in [1.29, 1.82) is 0 Å². The van der Waals surface area contributed by atoms with Crippen LogP contribution in [-0.4, -0.2) is 28.4 Å². The fourth-order valence-electron chi connectivity index (χ4n) is 1.36. The summed E-state index contributed by atoms with van der Waals surface area (Å²) < 4.78 is 0.720. The fourth-order valence-corrected chi connectivity index (χ4v) is 3.04. The van der Waals surface area contributed by atoms with Crippen LogP contribution in [0.1, 0.15) is 24.8 Å². The van der Waals surface area contributed by atoms with E-state index >= 15 is 0 Å². The molecule has 0 saturated heterocycles. The van der Waals surface area contributed by atoms with Gasteiger partial charge in [-0.3, -0.25) is 4.79 Å². The molecular formula is C10H12BrNO3S. The zero-order chi connectivity index (χ0) is 12.3. The first kappa shape index (κ1) is 13.2. The molecule has 0 spiro atoms. The molecule has 4 nitrogen and oxygen atoms in total. The van der Waals surface area contributed by atoms with Crippen LogP contribution in [0.4, 0.5) is 0 Å². The first-order chi connectivity index (χ1) is 7.49. The lowest BCUT2D eigenvalue weighted by molar-refractivity contribution is -0.147. The standard InChI is InChI=1S/C10H12BrNO3S/c1-6(2)12(5-13)8(10(14)15)9-7(11)3-4-16-9/h3-6,8H,1-2H3,(H,14,15). The molecule has 1 rings (SSSR count). The minimum atomic E-state index is -1.02. The molecule has 1 atom stereocenters. The van der Waals surface area contributed by atoms with Gasteiger partial charge in [-0.15, -0.1) is 11.3 Å². The maximum absolute atomic E-state index is 11.2. The van der Waals surface area contributed by atoms with Crippen molar-refractivity contribution in [2.75, 3.05) is 0 Å². The number of carbonyl (C=O) groups excluding carboxylic acids is 1. The molecule has 1 N–H and O–H groups in total. The lowest BCUT2D eigenvalue weighted by Gasteiger charge is -2.28. The van der Waals surface area contributed by atoms with Crippen LogP contribution >= 0.6 is 27.3 Å². The van der Waals surface area contributed by atoms with Crippen molar-refractivity contribution in [1.82, 2.24) is 4.90 Å². The first-order valence-corrected chi connectivity index (χ1v) is 6.34. The van der Waals surface area contributed by atoms with E-state index in [1.807, 2.05) is 0 Å². The van der Waals surface area contributed by atoms with Crippen LogP contribution < -0.4 is 0 Å². The molecule has 6 heteroatoms. The Morgan fingerprint density at radius 2 is 2.25 bits per heavy atom. The maximum atomic E-state index is 11.2. The maximum Gasteiger partial charge on any atom is 0.332 e. The number of halogens is 1. The SMILES string of the molecule is CC(C)N(C=O)C(C(=O)O)c1sccc1Br. The molecule has 0 aliphatic heterocycles. The highest BCUT2D eigenvalue weighted by molar-refractivity contribution is 9.10. The number of carboxylic acid groups (broad SMARTS) is 1. The van der Waals surface area contributed by atoms with E-state index in [4.69, 9.17) is 0 Å². The van der Waals surface area contributed by atoms with Crippen LogP contribution in [0.3, 0.4) is 0 Å². The van der Waals surface area contributed by atoms with Gasteiger partial charge in [0.2, 0.25) is 6.41 Å². The third-order valence-electron chi connectivity index (χ3n) is 2.14. The normalized spacial score (nSPS) is 12.5. The van der Waals surface area contributed by atoms with Crippen molar-refractivity contribution in [3.63, 3.8) is 0 Å². The van der Waals surface area contributed by atoms with Gasteiger partial charge in [0.15, 0.2) is 6.04 Å². The predicted molar refractivity (Wildman–Crippen MR) is 65.4 cm³/mol. The summed E-state index contributed by atoms with van der Waals surface area (Å²) in [7, 11) is 0. The van der Waals surface area contributed by atoms with E-state index in [2.05, 4.69) is 15.9 Å². The Morgan fingerprint density at radius 1 is 1.62 bits per heavy atom. The van der Waals surface area contributed by atoms with Gasteiger partial charge in [0.1, 0.15) is 0 Å². The highest BCUT2D eigenvalue weighted by Crippen LogP contribution is 2.33. The second-order valence-corrected chi connectivity index (χ2v) is 5.32. The highest BCUT2D eigenvalue weighted by atomic mass is 79.9. The summed E-state index contributed by atoms with van der Waals surface area (Å²) in [5.41, 5.74) is 0. The van der Waals surface area contributed by atoms with Crippen molar-refractivity contribution in [3.05, 3.63) is 20.8 Å². The van der Waals surface area contributed by atoms with Crippen molar-refractivity contribution >= 4 is 39.6 Å². The molecule has 0 aliphatic carbocycles. The highest BCUT2D eigenvalue weighted by Gasteiger charge is 2.30. The summed E-state index contributed by atoms with van der Waals surface area (Å²) in [6.45, 7) is 3.57. The van der Waals surface area contributed by atoms with Gasteiger partial charge in [0.25, 0.3) is 0 Å². The van der Waals surface area contributed by atoms with Crippen LogP contribution in [0.25, 0.3) is 0 Å². The molecule has 16 heavy (non-hydrogen) atoms. The number of aliphatic carboxylic acids is 1. The van der Waals surface area contributed by atoms with E-state index in [-0.39, 0.29) is 6.04 Å². The van der Waals surface area contributed by atoms with Gasteiger partial charge in [-0.05, 0) is 41.2 Å². The van der Waals surface area contributed by atoms with Gasteiger partial charge in [0, 0.05) is 10.5 Å². The van der Waals surface area contributed by atoms with Crippen LogP contribution in [0.2, 0.25) is 0 Å². The van der Waals surface area contributed by atoms with E-state index < -0.39 is 12.0 Å². The molecule has 0 aromatic carbocycles. The Hall–Kier alpha value is -0.880. The average molecular weight is 306 g/mol. The molecule has 0 fully saturated rings. The number of nitrogens with zero attached hydrogens (tertiary/aromatic N) is 1. The second-order valence-electron chi connectivity index (χ2n) is 3.52. The van der Waals surface area contributed by atoms with E-state index in [9.17, 15) is 14.7 Å². The molecule has 1 aromatic heterocycles. The van der Waals surface area contributed by atoms with E-state index in [0.717, 1.165) is 4.47 Å². The second kappa shape index (κ2) is 5.45. The number of amides is 1. The summed E-state index contributed by atoms with van der Waals surface area (Å²) >= 11 is 4.61. The summed E-state index contributed by atoms with van der Waals surface area (Å²) in [5, 5.41) is 11.0. The Labute approximate surface area is 106 Å². The molecule has 0 radical (unpaired) electrons. The molecule has 88 valence electrons. The summed E-state index contributed by atoms with van der Waals surface area (Å²) in [6.07, 6.45) is 0.579. The molecule has 0 bridgehead atoms. The van der Waals surface area contributed by atoms with Crippen LogP contribution in [-0.2, 0) is 9.59 Å². The minimum absolute atomic E-state index is 0.160. The van der Waals surface area contributed by atoms with Gasteiger partial charge in [-0.25, -0.2) is 4.79 Å². The van der Waals surface area contributed by atoms with Gasteiger partial charge in [0.05, 0.1) is 4.88 Å². The molecular weight excluding hydrogens is 294 g/mol. The first-order valence-electron chi connectivity index (χ1n) is 4.67. The Kier molecular flexibility index (Phi) is 4.49. The third kappa shape index (κ3) is 2.62. The van der Waals surface area contributed by atoms with Crippen molar-refractivity contribution in [2.24, 2.45) is 0 Å². The summed E-state index contributed by atoms with van der Waals surface area (Å²) in [4.78, 5) is 24.1. The smallest absolute Gasteiger partial charge is 0.332 e. The Bertz CT molecular complexity index is 391. The fraction of sp³-hybridized carbons (Fsp3) is 0.400. The summed E-state index contributed by atoms with van der Waals surface area (Å²) in [5.74, 6) is -1.02. The lowest BCUT2D eigenvalue weighted by atomic mass is 10.2. The Balaban J connectivity index is 3.14. The quantitative estimate of drug-likeness (QED) is 0.850. The van der Waals surface area contributed by atoms with E-state index in [1.54, 1.807) is 25.3 Å². The topological polar surface area (TPSA) is 57.6 Å².